The average Bonchev–Trinajstić information content (AvgIpc) is 3.10. The quantitative estimate of drug-likeness (QED) is 0.777. The van der Waals surface area contributed by atoms with Crippen LogP contribution < -0.4 is 5.32 Å². The van der Waals surface area contributed by atoms with Crippen molar-refractivity contribution in [3.63, 3.8) is 0 Å². The Morgan fingerprint density at radius 2 is 2.19 bits per heavy atom. The maximum Gasteiger partial charge on any atom is 0.280 e. The summed E-state index contributed by atoms with van der Waals surface area (Å²) in [6.07, 6.45) is -0.677. The maximum absolute atomic E-state index is 12.1. The van der Waals surface area contributed by atoms with Gasteiger partial charge >= 0.3 is 0 Å². The molecule has 0 aliphatic heterocycles. The van der Waals surface area contributed by atoms with Gasteiger partial charge in [-0.1, -0.05) is 12.1 Å². The molecule has 0 unspecified atom stereocenters. The molecule has 0 spiro atoms. The molecule has 2 aromatic heterocycles. The second-order valence-electron chi connectivity index (χ2n) is 4.68. The molecule has 0 saturated carbocycles. The molecule has 0 bridgehead atoms. The van der Waals surface area contributed by atoms with Crippen LogP contribution in [-0.2, 0) is 0 Å². The standard InChI is InChI=1S/C15H14N2O2S2/c1-9-6-7-20-13(9)11(18)8-16-14(19)15-17-10-4-2-3-5-12(10)21-15/h2-7,11,18H,8H2,1H3,(H,16,19)/t11-/m1/s1. The van der Waals surface area contributed by atoms with Crippen LogP contribution in [0.5, 0.6) is 0 Å². The predicted molar refractivity (Wildman–Crippen MR) is 86.0 cm³/mol. The largest absolute Gasteiger partial charge is 0.386 e. The summed E-state index contributed by atoms with van der Waals surface area (Å²) in [4.78, 5) is 17.3. The van der Waals surface area contributed by atoms with Gasteiger partial charge in [0.15, 0.2) is 5.01 Å². The van der Waals surface area contributed by atoms with E-state index in [0.29, 0.717) is 5.01 Å². The molecular formula is C15H14N2O2S2. The molecule has 6 heteroatoms. The predicted octanol–water partition coefficient (Wildman–Crippen LogP) is 3.13. The minimum Gasteiger partial charge on any atom is -0.386 e. The number of nitrogens with zero attached hydrogens (tertiary/aromatic N) is 1. The number of aromatic nitrogens is 1. The van der Waals surface area contributed by atoms with Gasteiger partial charge in [0.05, 0.1) is 10.2 Å². The van der Waals surface area contributed by atoms with Crippen LogP contribution in [0, 0.1) is 6.92 Å². The van der Waals surface area contributed by atoms with E-state index in [9.17, 15) is 9.90 Å². The van der Waals surface area contributed by atoms with Gasteiger partial charge in [-0.2, -0.15) is 0 Å². The Balaban J connectivity index is 1.67. The molecule has 0 radical (unpaired) electrons. The zero-order valence-corrected chi connectivity index (χ0v) is 13.0. The number of carbonyl (C=O) groups excluding carboxylic acids is 1. The average molecular weight is 318 g/mol. The van der Waals surface area contributed by atoms with E-state index in [1.54, 1.807) is 0 Å². The lowest BCUT2D eigenvalue weighted by Gasteiger charge is -2.10. The van der Waals surface area contributed by atoms with E-state index in [0.717, 1.165) is 20.7 Å². The Labute approximate surface area is 130 Å². The van der Waals surface area contributed by atoms with Crippen molar-refractivity contribution in [2.45, 2.75) is 13.0 Å². The smallest absolute Gasteiger partial charge is 0.280 e. The molecule has 0 saturated heterocycles. The van der Waals surface area contributed by atoms with Gasteiger partial charge < -0.3 is 10.4 Å². The number of amides is 1. The number of aliphatic hydroxyl groups is 1. The first-order valence-electron chi connectivity index (χ1n) is 6.51. The summed E-state index contributed by atoms with van der Waals surface area (Å²) in [5.41, 5.74) is 1.86. The molecule has 21 heavy (non-hydrogen) atoms. The van der Waals surface area contributed by atoms with Crippen LogP contribution in [0.4, 0.5) is 0 Å². The fraction of sp³-hybridized carbons (Fsp3) is 0.200. The summed E-state index contributed by atoms with van der Waals surface area (Å²) in [6, 6.07) is 9.59. The second kappa shape index (κ2) is 5.93. The maximum atomic E-state index is 12.1. The molecule has 1 aromatic carbocycles. The Morgan fingerprint density at radius 3 is 2.90 bits per heavy atom. The Morgan fingerprint density at radius 1 is 1.38 bits per heavy atom. The van der Waals surface area contributed by atoms with Crippen molar-refractivity contribution < 1.29 is 9.90 Å². The van der Waals surface area contributed by atoms with E-state index in [1.807, 2.05) is 42.6 Å². The fourth-order valence-electron chi connectivity index (χ4n) is 2.05. The second-order valence-corrected chi connectivity index (χ2v) is 6.66. The van der Waals surface area contributed by atoms with Crippen LogP contribution in [0.15, 0.2) is 35.7 Å². The SMILES string of the molecule is Cc1ccsc1[C@H](O)CNC(=O)c1nc2ccccc2s1. The third-order valence-corrected chi connectivity index (χ3v) is 5.30. The van der Waals surface area contributed by atoms with E-state index in [-0.39, 0.29) is 12.5 Å². The van der Waals surface area contributed by atoms with Crippen molar-refractivity contribution in [2.24, 2.45) is 0 Å². The van der Waals surface area contributed by atoms with E-state index < -0.39 is 6.10 Å². The molecule has 3 aromatic rings. The number of thiophene rings is 1. The number of aryl methyl sites for hydroxylation is 1. The van der Waals surface area contributed by atoms with Gasteiger partial charge in [0.2, 0.25) is 0 Å². The first kappa shape index (κ1) is 14.2. The molecule has 2 heterocycles. The van der Waals surface area contributed by atoms with Gasteiger partial charge in [-0.15, -0.1) is 22.7 Å². The van der Waals surface area contributed by atoms with E-state index in [1.165, 1.54) is 22.7 Å². The highest BCUT2D eigenvalue weighted by Crippen LogP contribution is 2.24. The normalized spacial score (nSPS) is 12.5. The van der Waals surface area contributed by atoms with E-state index in [2.05, 4.69) is 10.3 Å². The van der Waals surface area contributed by atoms with Crippen LogP contribution in [0.25, 0.3) is 10.2 Å². The molecule has 1 amide bonds. The van der Waals surface area contributed by atoms with Gasteiger partial charge in [0.25, 0.3) is 5.91 Å². The molecule has 3 rings (SSSR count). The van der Waals surface area contributed by atoms with Crippen LogP contribution in [0.1, 0.15) is 26.3 Å². The van der Waals surface area contributed by atoms with Gasteiger partial charge in [0, 0.05) is 11.4 Å². The van der Waals surface area contributed by atoms with Crippen molar-refractivity contribution in [3.8, 4) is 0 Å². The topological polar surface area (TPSA) is 62.2 Å². The monoisotopic (exact) mass is 318 g/mol. The highest BCUT2D eigenvalue weighted by atomic mass is 32.1. The van der Waals surface area contributed by atoms with Gasteiger partial charge in [0.1, 0.15) is 6.10 Å². The summed E-state index contributed by atoms with van der Waals surface area (Å²) in [6.45, 7) is 2.14. The molecule has 0 aliphatic carbocycles. The van der Waals surface area contributed by atoms with Crippen molar-refractivity contribution in [1.82, 2.24) is 10.3 Å². The molecule has 0 aliphatic rings. The molecule has 2 N–H and O–H groups in total. The summed E-state index contributed by atoms with van der Waals surface area (Å²) in [5, 5.41) is 15.2. The highest BCUT2D eigenvalue weighted by molar-refractivity contribution is 7.20. The minimum absolute atomic E-state index is 0.191. The summed E-state index contributed by atoms with van der Waals surface area (Å²) >= 11 is 2.85. The van der Waals surface area contributed by atoms with E-state index in [4.69, 9.17) is 0 Å². The number of hydrogen-bond acceptors (Lipinski definition) is 5. The molecule has 4 nitrogen and oxygen atoms in total. The molecule has 108 valence electrons. The van der Waals surface area contributed by atoms with Gasteiger partial charge in [-0.25, -0.2) is 4.98 Å². The fourth-order valence-corrected chi connectivity index (χ4v) is 3.85. The van der Waals surface area contributed by atoms with E-state index >= 15 is 0 Å². The van der Waals surface area contributed by atoms with Crippen molar-refractivity contribution in [2.75, 3.05) is 6.54 Å². The Hall–Kier alpha value is -1.76. The molecule has 1 atom stereocenters. The third-order valence-electron chi connectivity index (χ3n) is 3.15. The van der Waals surface area contributed by atoms with Crippen LogP contribution in [-0.4, -0.2) is 22.5 Å². The number of aliphatic hydroxyl groups excluding tert-OH is 1. The van der Waals surface area contributed by atoms with Gasteiger partial charge in [-0.05, 0) is 36.1 Å². The number of nitrogens with one attached hydrogen (secondary N) is 1. The number of benzene rings is 1. The number of rotatable bonds is 4. The summed E-state index contributed by atoms with van der Waals surface area (Å²) < 4.78 is 0.984. The summed E-state index contributed by atoms with van der Waals surface area (Å²) in [7, 11) is 0. The van der Waals surface area contributed by atoms with Crippen LogP contribution >= 0.6 is 22.7 Å². The Bertz CT molecular complexity index is 746. The first-order valence-corrected chi connectivity index (χ1v) is 8.20. The van der Waals surface area contributed by atoms with Crippen molar-refractivity contribution >= 4 is 38.8 Å². The summed E-state index contributed by atoms with van der Waals surface area (Å²) in [5.74, 6) is -0.246. The highest BCUT2D eigenvalue weighted by Gasteiger charge is 2.16. The number of carbonyl (C=O) groups is 1. The number of thiazole rings is 1. The van der Waals surface area contributed by atoms with Crippen molar-refractivity contribution in [1.29, 1.82) is 0 Å². The zero-order chi connectivity index (χ0) is 14.8. The zero-order valence-electron chi connectivity index (χ0n) is 11.4. The molecule has 0 fully saturated rings. The number of hydrogen-bond donors (Lipinski definition) is 2. The minimum atomic E-state index is -0.677. The lowest BCUT2D eigenvalue weighted by atomic mass is 10.2. The van der Waals surface area contributed by atoms with Crippen LogP contribution in [0.2, 0.25) is 0 Å². The molecular weight excluding hydrogens is 304 g/mol. The Kier molecular flexibility index (Phi) is 4.01. The first-order chi connectivity index (χ1) is 10.1. The number of para-hydroxylation sites is 1. The lowest BCUT2D eigenvalue weighted by molar-refractivity contribution is 0.0917. The van der Waals surface area contributed by atoms with Crippen LogP contribution in [0.3, 0.4) is 0 Å². The lowest BCUT2D eigenvalue weighted by Crippen LogP contribution is -2.28. The number of fused-ring (bicyclic) bond motifs is 1. The van der Waals surface area contributed by atoms with Gasteiger partial charge in [-0.3, -0.25) is 4.79 Å². The third kappa shape index (κ3) is 2.97. The van der Waals surface area contributed by atoms with Crippen molar-refractivity contribution in [3.05, 3.63) is 51.2 Å².